The van der Waals surface area contributed by atoms with Gasteiger partial charge in [0.25, 0.3) is 5.56 Å². The molecule has 31 heavy (non-hydrogen) atoms. The van der Waals surface area contributed by atoms with Gasteiger partial charge in [0.1, 0.15) is 12.1 Å². The highest BCUT2D eigenvalue weighted by molar-refractivity contribution is 5.81. The maximum atomic E-state index is 12.9. The second-order valence-corrected chi connectivity index (χ2v) is 8.74. The first-order chi connectivity index (χ1) is 14.6. The first-order valence-corrected chi connectivity index (χ1v) is 10.6. The topological polar surface area (TPSA) is 103 Å². The first-order valence-electron chi connectivity index (χ1n) is 10.6. The third-order valence-electron chi connectivity index (χ3n) is 5.31. The molecule has 2 heterocycles. The Morgan fingerprint density at radius 1 is 1.10 bits per heavy atom. The fourth-order valence-electron chi connectivity index (χ4n) is 3.79. The van der Waals surface area contributed by atoms with Crippen LogP contribution in [0.2, 0.25) is 0 Å². The number of aromatic nitrogens is 2. The number of nitrogens with zero attached hydrogens (tertiary/aromatic N) is 3. The number of fused-ring (bicyclic) bond motifs is 1. The van der Waals surface area contributed by atoms with Crippen molar-refractivity contribution in [2.75, 3.05) is 13.1 Å². The summed E-state index contributed by atoms with van der Waals surface area (Å²) in [5.74, 6) is -0.190. The van der Waals surface area contributed by atoms with E-state index in [1.54, 1.807) is 56.9 Å². The van der Waals surface area contributed by atoms with Gasteiger partial charge in [-0.3, -0.25) is 18.7 Å². The highest BCUT2D eigenvalue weighted by atomic mass is 16.6. The maximum absolute atomic E-state index is 12.9. The third kappa shape index (κ3) is 5.15. The molecule has 0 atom stereocenters. The summed E-state index contributed by atoms with van der Waals surface area (Å²) in [7, 11) is 0. The number of hydrogen-bond acceptors (Lipinski definition) is 5. The summed E-state index contributed by atoms with van der Waals surface area (Å²) in [5, 5.41) is 3.26. The number of amides is 2. The second-order valence-electron chi connectivity index (χ2n) is 8.74. The van der Waals surface area contributed by atoms with E-state index in [4.69, 9.17) is 4.74 Å². The molecule has 0 radical (unpaired) electrons. The second kappa shape index (κ2) is 8.95. The van der Waals surface area contributed by atoms with Gasteiger partial charge in [-0.15, -0.1) is 0 Å². The van der Waals surface area contributed by atoms with Crippen LogP contribution in [0, 0.1) is 0 Å². The zero-order valence-electron chi connectivity index (χ0n) is 18.5. The average Bonchev–Trinajstić information content (AvgIpc) is 2.70. The van der Waals surface area contributed by atoms with E-state index in [-0.39, 0.29) is 30.6 Å². The van der Waals surface area contributed by atoms with E-state index < -0.39 is 17.4 Å². The highest BCUT2D eigenvalue weighted by Crippen LogP contribution is 2.14. The van der Waals surface area contributed by atoms with Crippen LogP contribution in [-0.4, -0.2) is 50.8 Å². The Hall–Kier alpha value is -3.10. The Kier molecular flexibility index (Phi) is 6.52. The van der Waals surface area contributed by atoms with E-state index in [0.29, 0.717) is 36.8 Å². The van der Waals surface area contributed by atoms with Gasteiger partial charge in [-0.1, -0.05) is 12.1 Å². The maximum Gasteiger partial charge on any atom is 0.407 e. The molecule has 3 rings (SSSR count). The number of benzene rings is 1. The Bertz CT molecular complexity index is 1090. The summed E-state index contributed by atoms with van der Waals surface area (Å²) in [4.78, 5) is 51.9. The molecule has 1 aromatic carbocycles. The van der Waals surface area contributed by atoms with Crippen LogP contribution in [0.15, 0.2) is 33.9 Å². The van der Waals surface area contributed by atoms with E-state index in [9.17, 15) is 19.2 Å². The van der Waals surface area contributed by atoms with Gasteiger partial charge in [0.2, 0.25) is 5.91 Å². The number of hydrogen-bond donors (Lipinski definition) is 1. The van der Waals surface area contributed by atoms with Crippen molar-refractivity contribution in [1.82, 2.24) is 19.4 Å². The van der Waals surface area contributed by atoms with Gasteiger partial charge in [-0.05, 0) is 52.7 Å². The largest absolute Gasteiger partial charge is 0.444 e. The lowest BCUT2D eigenvalue weighted by molar-refractivity contribution is -0.132. The van der Waals surface area contributed by atoms with Gasteiger partial charge < -0.3 is 15.0 Å². The van der Waals surface area contributed by atoms with Gasteiger partial charge >= 0.3 is 11.8 Å². The van der Waals surface area contributed by atoms with Gasteiger partial charge in [-0.2, -0.15) is 0 Å². The predicted molar refractivity (Wildman–Crippen MR) is 117 cm³/mol. The molecule has 1 fully saturated rings. The lowest BCUT2D eigenvalue weighted by Gasteiger charge is -2.33. The molecule has 1 aliphatic rings. The quantitative estimate of drug-likeness (QED) is 0.795. The van der Waals surface area contributed by atoms with Crippen LogP contribution in [0.4, 0.5) is 4.79 Å². The normalized spacial score (nSPS) is 15.2. The van der Waals surface area contributed by atoms with Crippen LogP contribution in [0.5, 0.6) is 0 Å². The average molecular weight is 431 g/mol. The van der Waals surface area contributed by atoms with E-state index in [1.807, 2.05) is 0 Å². The minimum Gasteiger partial charge on any atom is -0.444 e. The highest BCUT2D eigenvalue weighted by Gasteiger charge is 2.26. The fourth-order valence-corrected chi connectivity index (χ4v) is 3.79. The number of alkyl carbamates (subject to hydrolysis) is 1. The molecule has 1 saturated heterocycles. The standard InChI is InChI=1S/C22H30N4O5/c1-5-25-19(28)16-8-6-7-9-17(16)26(21(25)30)14-18(27)24-12-10-15(11-13-24)23-20(29)31-22(2,3)4/h6-9,15H,5,10-14H2,1-4H3,(H,23,29). The number of para-hydroxylation sites is 1. The molecule has 9 heteroatoms. The van der Waals surface area contributed by atoms with Gasteiger partial charge in [0.05, 0.1) is 10.9 Å². The van der Waals surface area contributed by atoms with Crippen molar-refractivity contribution in [1.29, 1.82) is 0 Å². The molecule has 2 aromatic rings. The Morgan fingerprint density at radius 3 is 2.35 bits per heavy atom. The zero-order valence-corrected chi connectivity index (χ0v) is 18.5. The summed E-state index contributed by atoms with van der Waals surface area (Å²) in [5.41, 5.74) is -0.940. The van der Waals surface area contributed by atoms with E-state index in [1.165, 1.54) is 4.57 Å². The van der Waals surface area contributed by atoms with Crippen LogP contribution in [0.3, 0.4) is 0 Å². The molecule has 0 unspecified atom stereocenters. The Balaban J connectivity index is 1.70. The Labute approximate surface area is 180 Å². The summed E-state index contributed by atoms with van der Waals surface area (Å²) in [6, 6.07) is 6.76. The van der Waals surface area contributed by atoms with Crippen molar-refractivity contribution in [2.45, 2.75) is 65.3 Å². The van der Waals surface area contributed by atoms with E-state index >= 15 is 0 Å². The molecule has 0 spiro atoms. The third-order valence-corrected chi connectivity index (χ3v) is 5.31. The number of carbonyl (C=O) groups is 2. The van der Waals surface area contributed by atoms with Crippen molar-refractivity contribution < 1.29 is 14.3 Å². The molecule has 0 aliphatic carbocycles. The van der Waals surface area contributed by atoms with Crippen LogP contribution < -0.4 is 16.6 Å². The number of likely N-dealkylation sites (tertiary alicyclic amines) is 1. The predicted octanol–water partition coefficient (Wildman–Crippen LogP) is 1.70. The van der Waals surface area contributed by atoms with Crippen LogP contribution >= 0.6 is 0 Å². The molecule has 0 saturated carbocycles. The van der Waals surface area contributed by atoms with Crippen LogP contribution in [0.25, 0.3) is 10.9 Å². The summed E-state index contributed by atoms with van der Waals surface area (Å²) in [6.45, 7) is 8.19. The minimum atomic E-state index is -0.564. The number of nitrogens with one attached hydrogen (secondary N) is 1. The summed E-state index contributed by atoms with van der Waals surface area (Å²) in [6.07, 6.45) is 0.751. The van der Waals surface area contributed by atoms with Gasteiger partial charge in [0.15, 0.2) is 0 Å². The lowest BCUT2D eigenvalue weighted by atomic mass is 10.1. The molecule has 1 aromatic heterocycles. The molecule has 1 aliphatic heterocycles. The van der Waals surface area contributed by atoms with Crippen LogP contribution in [0.1, 0.15) is 40.5 Å². The van der Waals surface area contributed by atoms with Crippen molar-refractivity contribution in [3.63, 3.8) is 0 Å². The molecule has 0 bridgehead atoms. The van der Waals surface area contributed by atoms with Crippen molar-refractivity contribution in [3.8, 4) is 0 Å². The minimum absolute atomic E-state index is 0.0653. The fraction of sp³-hybridized carbons (Fsp3) is 0.545. The SMILES string of the molecule is CCn1c(=O)c2ccccc2n(CC(=O)N2CCC(NC(=O)OC(C)(C)C)CC2)c1=O. The molecule has 2 amide bonds. The van der Waals surface area contributed by atoms with Crippen molar-refractivity contribution >= 4 is 22.9 Å². The Morgan fingerprint density at radius 2 is 1.74 bits per heavy atom. The molecular weight excluding hydrogens is 400 g/mol. The number of rotatable bonds is 4. The molecule has 9 nitrogen and oxygen atoms in total. The molecular formula is C22H30N4O5. The van der Waals surface area contributed by atoms with Crippen LogP contribution in [-0.2, 0) is 22.6 Å². The monoisotopic (exact) mass is 430 g/mol. The number of piperidine rings is 1. The lowest BCUT2D eigenvalue weighted by Crippen LogP contribution is -2.49. The smallest absolute Gasteiger partial charge is 0.407 e. The van der Waals surface area contributed by atoms with Gasteiger partial charge in [0, 0.05) is 25.7 Å². The number of ether oxygens (including phenoxy) is 1. The molecule has 1 N–H and O–H groups in total. The van der Waals surface area contributed by atoms with Crippen molar-refractivity contribution in [3.05, 3.63) is 45.1 Å². The first kappa shape index (κ1) is 22.6. The van der Waals surface area contributed by atoms with Gasteiger partial charge in [-0.25, -0.2) is 9.59 Å². The van der Waals surface area contributed by atoms with E-state index in [0.717, 1.165) is 4.57 Å². The van der Waals surface area contributed by atoms with E-state index in [2.05, 4.69) is 5.32 Å². The zero-order chi connectivity index (χ0) is 22.8. The summed E-state index contributed by atoms with van der Waals surface area (Å²) >= 11 is 0. The van der Waals surface area contributed by atoms with Crippen molar-refractivity contribution in [2.24, 2.45) is 0 Å². The molecule has 168 valence electrons. The summed E-state index contributed by atoms with van der Waals surface area (Å²) < 4.78 is 7.80. The number of carbonyl (C=O) groups excluding carboxylic acids is 2.